The van der Waals surface area contributed by atoms with E-state index in [1.165, 1.54) is 0 Å². The van der Waals surface area contributed by atoms with Gasteiger partial charge in [0, 0.05) is 22.5 Å². The molecule has 0 heterocycles. The third kappa shape index (κ3) is 2.96. The monoisotopic (exact) mass is 317 g/mol. The van der Waals surface area contributed by atoms with Crippen LogP contribution in [0.15, 0.2) is 16.6 Å². The van der Waals surface area contributed by atoms with Gasteiger partial charge in [0.15, 0.2) is 11.5 Å². The summed E-state index contributed by atoms with van der Waals surface area (Å²) in [6.45, 7) is 3.84. The van der Waals surface area contributed by atoms with E-state index in [0.29, 0.717) is 11.5 Å². The van der Waals surface area contributed by atoms with E-state index in [9.17, 15) is 5.11 Å². The second-order valence-electron chi connectivity index (χ2n) is 4.85. The lowest BCUT2D eigenvalue weighted by molar-refractivity contribution is 0.132. The summed E-state index contributed by atoms with van der Waals surface area (Å²) in [4.78, 5) is 0. The Bertz CT molecular complexity index is 421. The van der Waals surface area contributed by atoms with Gasteiger partial charge < -0.3 is 20.3 Å². The van der Waals surface area contributed by atoms with Crippen LogP contribution in [0.3, 0.4) is 0 Å². The molecule has 0 fully saturated rings. The molecule has 0 radical (unpaired) electrons. The number of benzene rings is 1. The van der Waals surface area contributed by atoms with E-state index in [1.807, 2.05) is 26.0 Å². The largest absolute Gasteiger partial charge is 0.493 e. The molecule has 1 rings (SSSR count). The van der Waals surface area contributed by atoms with E-state index in [-0.39, 0.29) is 12.6 Å². The maximum absolute atomic E-state index is 9.39. The number of hydrogen-bond donors (Lipinski definition) is 2. The van der Waals surface area contributed by atoms with Crippen LogP contribution in [0.4, 0.5) is 0 Å². The van der Waals surface area contributed by atoms with Crippen LogP contribution in [0.1, 0.15) is 25.5 Å². The Morgan fingerprint density at radius 1 is 1.28 bits per heavy atom. The van der Waals surface area contributed by atoms with Crippen LogP contribution in [-0.4, -0.2) is 25.9 Å². The maximum atomic E-state index is 9.39. The molecule has 0 amide bonds. The van der Waals surface area contributed by atoms with Crippen molar-refractivity contribution >= 4 is 15.9 Å². The quantitative estimate of drug-likeness (QED) is 0.875. The lowest BCUT2D eigenvalue weighted by Crippen LogP contribution is -2.32. The highest BCUT2D eigenvalue weighted by atomic mass is 79.9. The smallest absolute Gasteiger partial charge is 0.161 e. The van der Waals surface area contributed by atoms with Gasteiger partial charge in [0.1, 0.15) is 0 Å². The van der Waals surface area contributed by atoms with E-state index in [2.05, 4.69) is 15.9 Å². The van der Waals surface area contributed by atoms with Crippen LogP contribution < -0.4 is 15.2 Å². The Morgan fingerprint density at radius 3 is 2.22 bits per heavy atom. The Morgan fingerprint density at radius 2 is 1.78 bits per heavy atom. The summed E-state index contributed by atoms with van der Waals surface area (Å²) in [7, 11) is 3.17. The second-order valence-corrected chi connectivity index (χ2v) is 5.71. The van der Waals surface area contributed by atoms with Crippen LogP contribution in [0.2, 0.25) is 0 Å². The first-order chi connectivity index (χ1) is 8.37. The molecule has 102 valence electrons. The minimum Gasteiger partial charge on any atom is -0.493 e. The minimum absolute atomic E-state index is 0.00888. The SMILES string of the molecule is COc1cc(Br)c([C@@H](N)C(C)(C)CO)cc1OC. The summed E-state index contributed by atoms with van der Waals surface area (Å²) in [5.41, 5.74) is 6.68. The molecule has 0 bridgehead atoms. The Labute approximate surface area is 116 Å². The number of ether oxygens (including phenoxy) is 2. The third-order valence-corrected chi connectivity index (χ3v) is 3.77. The number of rotatable bonds is 5. The van der Waals surface area contributed by atoms with Crippen molar-refractivity contribution in [2.45, 2.75) is 19.9 Å². The zero-order chi connectivity index (χ0) is 13.9. The molecule has 5 heteroatoms. The molecule has 1 aromatic rings. The number of nitrogens with two attached hydrogens (primary N) is 1. The summed E-state index contributed by atoms with van der Waals surface area (Å²) in [6, 6.07) is 3.35. The first-order valence-corrected chi connectivity index (χ1v) is 6.44. The van der Waals surface area contributed by atoms with Crippen molar-refractivity contribution in [3.8, 4) is 11.5 Å². The van der Waals surface area contributed by atoms with Gasteiger partial charge in [-0.2, -0.15) is 0 Å². The third-order valence-electron chi connectivity index (χ3n) is 3.09. The molecule has 0 aliphatic heterocycles. The number of hydrogen-bond acceptors (Lipinski definition) is 4. The average molecular weight is 318 g/mol. The van der Waals surface area contributed by atoms with Gasteiger partial charge in [0.25, 0.3) is 0 Å². The summed E-state index contributed by atoms with van der Waals surface area (Å²) in [5.74, 6) is 1.27. The highest BCUT2D eigenvalue weighted by Crippen LogP contribution is 2.40. The molecule has 1 aromatic carbocycles. The summed E-state index contributed by atoms with van der Waals surface area (Å²) >= 11 is 3.48. The Hall–Kier alpha value is -0.780. The fraction of sp³-hybridized carbons (Fsp3) is 0.538. The van der Waals surface area contributed by atoms with Crippen LogP contribution in [0.25, 0.3) is 0 Å². The Kier molecular flexibility index (Phi) is 5.01. The van der Waals surface area contributed by atoms with Gasteiger partial charge in [-0.1, -0.05) is 29.8 Å². The van der Waals surface area contributed by atoms with E-state index < -0.39 is 5.41 Å². The molecule has 0 aliphatic rings. The molecular weight excluding hydrogens is 298 g/mol. The van der Waals surface area contributed by atoms with Gasteiger partial charge in [-0.25, -0.2) is 0 Å². The van der Waals surface area contributed by atoms with Crippen molar-refractivity contribution in [3.05, 3.63) is 22.2 Å². The number of halogens is 1. The summed E-state index contributed by atoms with van der Waals surface area (Å²) < 4.78 is 11.3. The van der Waals surface area contributed by atoms with Gasteiger partial charge in [0.2, 0.25) is 0 Å². The fourth-order valence-corrected chi connectivity index (χ4v) is 2.20. The Balaban J connectivity index is 3.25. The van der Waals surface area contributed by atoms with Crippen LogP contribution in [0, 0.1) is 5.41 Å². The highest BCUT2D eigenvalue weighted by molar-refractivity contribution is 9.10. The van der Waals surface area contributed by atoms with Crippen molar-refractivity contribution in [2.75, 3.05) is 20.8 Å². The minimum atomic E-state index is -0.415. The summed E-state index contributed by atoms with van der Waals surface area (Å²) in [5, 5.41) is 9.39. The summed E-state index contributed by atoms with van der Waals surface area (Å²) in [6.07, 6.45) is 0. The van der Waals surface area contributed by atoms with Gasteiger partial charge in [-0.3, -0.25) is 0 Å². The molecular formula is C13H20BrNO3. The molecule has 0 saturated heterocycles. The lowest BCUT2D eigenvalue weighted by atomic mass is 9.82. The molecule has 0 aromatic heterocycles. The molecule has 1 atom stereocenters. The van der Waals surface area contributed by atoms with Crippen molar-refractivity contribution in [1.82, 2.24) is 0 Å². The number of methoxy groups -OCH3 is 2. The van der Waals surface area contributed by atoms with Crippen LogP contribution in [-0.2, 0) is 0 Å². The van der Waals surface area contributed by atoms with Crippen LogP contribution in [0.5, 0.6) is 11.5 Å². The first-order valence-electron chi connectivity index (χ1n) is 5.65. The van der Waals surface area contributed by atoms with Crippen molar-refractivity contribution < 1.29 is 14.6 Å². The van der Waals surface area contributed by atoms with Gasteiger partial charge >= 0.3 is 0 Å². The molecule has 0 aliphatic carbocycles. The predicted octanol–water partition coefficient (Wildman–Crippen LogP) is 2.48. The zero-order valence-electron chi connectivity index (χ0n) is 11.2. The van der Waals surface area contributed by atoms with Gasteiger partial charge in [-0.15, -0.1) is 0 Å². The van der Waals surface area contributed by atoms with E-state index in [0.717, 1.165) is 10.0 Å². The van der Waals surface area contributed by atoms with Crippen molar-refractivity contribution in [2.24, 2.45) is 11.1 Å². The fourth-order valence-electron chi connectivity index (χ4n) is 1.63. The first kappa shape index (κ1) is 15.3. The van der Waals surface area contributed by atoms with E-state index >= 15 is 0 Å². The molecule has 3 N–H and O–H groups in total. The predicted molar refractivity (Wildman–Crippen MR) is 75.0 cm³/mol. The molecule has 18 heavy (non-hydrogen) atoms. The molecule has 0 saturated carbocycles. The normalized spacial score (nSPS) is 13.3. The van der Waals surface area contributed by atoms with E-state index in [1.54, 1.807) is 14.2 Å². The van der Waals surface area contributed by atoms with Gasteiger partial charge in [-0.05, 0) is 17.7 Å². The number of aliphatic hydroxyl groups excluding tert-OH is 1. The molecule has 4 nitrogen and oxygen atoms in total. The molecule has 0 spiro atoms. The van der Waals surface area contributed by atoms with E-state index in [4.69, 9.17) is 15.2 Å². The standard InChI is InChI=1S/C13H20BrNO3/c1-13(2,7-16)12(15)8-5-10(17-3)11(18-4)6-9(8)14/h5-6,12,16H,7,15H2,1-4H3/t12-/m1/s1. The van der Waals surface area contributed by atoms with Gasteiger partial charge in [0.05, 0.1) is 14.2 Å². The average Bonchev–Trinajstić information content (AvgIpc) is 2.37. The highest BCUT2D eigenvalue weighted by Gasteiger charge is 2.29. The molecule has 0 unspecified atom stereocenters. The zero-order valence-corrected chi connectivity index (χ0v) is 12.7. The second kappa shape index (κ2) is 5.91. The lowest BCUT2D eigenvalue weighted by Gasteiger charge is -2.30. The van der Waals surface area contributed by atoms with Crippen molar-refractivity contribution in [3.63, 3.8) is 0 Å². The van der Waals surface area contributed by atoms with Crippen LogP contribution >= 0.6 is 15.9 Å². The maximum Gasteiger partial charge on any atom is 0.161 e. The topological polar surface area (TPSA) is 64.7 Å². The number of aliphatic hydroxyl groups is 1. The van der Waals surface area contributed by atoms with Crippen molar-refractivity contribution in [1.29, 1.82) is 0 Å².